The molecule has 10 heteroatoms. The van der Waals surface area contributed by atoms with E-state index in [1.54, 1.807) is 24.3 Å². The van der Waals surface area contributed by atoms with Gasteiger partial charge >= 0.3 is 5.97 Å². The molecule has 1 N–H and O–H groups in total. The molecule has 3 rings (SSSR count). The molecule has 0 spiro atoms. The number of nitrogens with one attached hydrogen (secondary N) is 1. The van der Waals surface area contributed by atoms with Gasteiger partial charge in [0.15, 0.2) is 11.9 Å². The van der Waals surface area contributed by atoms with Gasteiger partial charge in [0.1, 0.15) is 0 Å². The lowest BCUT2D eigenvalue weighted by atomic mass is 10.1. The smallest absolute Gasteiger partial charge is 0.338 e. The molecule has 0 unspecified atom stereocenters. The molecule has 0 radical (unpaired) electrons. The lowest BCUT2D eigenvalue weighted by molar-refractivity contribution is -0.123. The van der Waals surface area contributed by atoms with Crippen molar-refractivity contribution in [1.29, 1.82) is 0 Å². The third kappa shape index (κ3) is 6.07. The summed E-state index contributed by atoms with van der Waals surface area (Å²) in [5.41, 5.74) is 1.09. The summed E-state index contributed by atoms with van der Waals surface area (Å²) in [6.07, 6.45) is -1.53. The number of hydrogen-bond donors (Lipinski definition) is 1. The van der Waals surface area contributed by atoms with Gasteiger partial charge in [0.2, 0.25) is 10.0 Å². The van der Waals surface area contributed by atoms with Crippen LogP contribution in [0.25, 0.3) is 0 Å². The summed E-state index contributed by atoms with van der Waals surface area (Å²) >= 11 is 0. The zero-order valence-corrected chi connectivity index (χ0v) is 20.3. The van der Waals surface area contributed by atoms with Crippen molar-refractivity contribution in [2.75, 3.05) is 18.4 Å². The average Bonchev–Trinajstić information content (AvgIpc) is 2.78. The summed E-state index contributed by atoms with van der Waals surface area (Å²) in [4.78, 5) is 36.2. The van der Waals surface area contributed by atoms with Crippen molar-refractivity contribution < 1.29 is 32.3 Å². The molecule has 0 bridgehead atoms. The number of anilines is 1. The minimum atomic E-state index is -3.73. The summed E-state index contributed by atoms with van der Waals surface area (Å²) in [6, 6.07) is 11.7. The predicted molar refractivity (Wildman–Crippen MR) is 125 cm³/mol. The third-order valence-electron chi connectivity index (χ3n) is 5.33. The molecule has 1 aliphatic heterocycles. The molecule has 2 aromatic carbocycles. The van der Waals surface area contributed by atoms with E-state index in [1.807, 2.05) is 13.8 Å². The number of hydrogen-bond acceptors (Lipinski definition) is 7. The highest BCUT2D eigenvalue weighted by atomic mass is 32.2. The van der Waals surface area contributed by atoms with E-state index in [0.717, 1.165) is 0 Å². The third-order valence-corrected chi connectivity index (χ3v) is 7.17. The van der Waals surface area contributed by atoms with E-state index in [1.165, 1.54) is 42.4 Å². The Balaban J connectivity index is 1.61. The number of morpholine rings is 1. The maximum atomic E-state index is 12.9. The minimum Gasteiger partial charge on any atom is -0.449 e. The first-order valence-corrected chi connectivity index (χ1v) is 12.3. The molecule has 3 atom stereocenters. The molecule has 2 aromatic rings. The van der Waals surface area contributed by atoms with Crippen LogP contribution in [0.5, 0.6) is 0 Å². The summed E-state index contributed by atoms with van der Waals surface area (Å²) in [5, 5.41) is 2.61. The number of rotatable bonds is 7. The van der Waals surface area contributed by atoms with Crippen LogP contribution in [-0.2, 0) is 24.3 Å². The molecule has 9 nitrogen and oxygen atoms in total. The van der Waals surface area contributed by atoms with Crippen LogP contribution in [0.2, 0.25) is 0 Å². The second-order valence-corrected chi connectivity index (χ2v) is 10.2. The van der Waals surface area contributed by atoms with Crippen LogP contribution in [0.1, 0.15) is 48.4 Å². The van der Waals surface area contributed by atoms with Gasteiger partial charge in [0, 0.05) is 24.3 Å². The number of carbonyl (C=O) groups excluding carboxylic acids is 3. The van der Waals surface area contributed by atoms with E-state index in [-0.39, 0.29) is 41.5 Å². The molecule has 1 amide bonds. The summed E-state index contributed by atoms with van der Waals surface area (Å²) in [7, 11) is -3.73. The number of carbonyl (C=O) groups is 3. The van der Waals surface area contributed by atoms with Crippen molar-refractivity contribution in [3.8, 4) is 0 Å². The molecular formula is C24H28N2O7S. The van der Waals surface area contributed by atoms with Gasteiger partial charge < -0.3 is 14.8 Å². The van der Waals surface area contributed by atoms with Crippen LogP contribution in [0.3, 0.4) is 0 Å². The van der Waals surface area contributed by atoms with Crippen LogP contribution in [0.15, 0.2) is 53.4 Å². The number of ketones is 1. The Morgan fingerprint density at radius 2 is 1.50 bits per heavy atom. The number of sulfonamides is 1. The standard InChI is InChI=1S/C24H28N2O7S/c1-15-13-26(14-16(2)32-15)34(30,31)22-11-7-20(8-12-22)24(29)33-18(4)23(28)25-21-9-5-19(6-10-21)17(3)27/h5-12,15-16,18H,13-14H2,1-4H3,(H,25,28)/t15-,16-,18+/m1/s1. The SMILES string of the molecule is CC(=O)c1ccc(NC(=O)[C@H](C)OC(=O)c2ccc(S(=O)(=O)N3C[C@@H](C)O[C@H](C)C3)cc2)cc1. The molecule has 1 heterocycles. The molecule has 34 heavy (non-hydrogen) atoms. The van der Waals surface area contributed by atoms with Crippen LogP contribution in [0, 0.1) is 0 Å². The van der Waals surface area contributed by atoms with E-state index < -0.39 is 28.0 Å². The lowest BCUT2D eigenvalue weighted by Crippen LogP contribution is -2.48. The van der Waals surface area contributed by atoms with Gasteiger partial charge in [-0.3, -0.25) is 9.59 Å². The van der Waals surface area contributed by atoms with Gasteiger partial charge in [-0.15, -0.1) is 0 Å². The maximum Gasteiger partial charge on any atom is 0.338 e. The molecule has 0 aliphatic carbocycles. The van der Waals surface area contributed by atoms with E-state index in [0.29, 0.717) is 11.3 Å². The fraction of sp³-hybridized carbons (Fsp3) is 0.375. The first-order valence-electron chi connectivity index (χ1n) is 10.9. The van der Waals surface area contributed by atoms with Crippen LogP contribution in [-0.4, -0.2) is 61.8 Å². The number of nitrogens with zero attached hydrogens (tertiary/aromatic N) is 1. The topological polar surface area (TPSA) is 119 Å². The van der Waals surface area contributed by atoms with Crippen LogP contribution in [0.4, 0.5) is 5.69 Å². The van der Waals surface area contributed by atoms with Gasteiger partial charge in [-0.05, 0) is 76.2 Å². The molecule has 1 saturated heterocycles. The summed E-state index contributed by atoms with van der Waals surface area (Å²) < 4.78 is 38.1. The van der Waals surface area contributed by atoms with Crippen LogP contribution >= 0.6 is 0 Å². The molecule has 182 valence electrons. The molecule has 0 aromatic heterocycles. The Morgan fingerprint density at radius 3 is 2.03 bits per heavy atom. The van der Waals surface area contributed by atoms with Crippen LogP contribution < -0.4 is 5.32 Å². The highest BCUT2D eigenvalue weighted by Crippen LogP contribution is 2.22. The Labute approximate surface area is 199 Å². The average molecular weight is 489 g/mol. The Morgan fingerprint density at radius 1 is 0.971 bits per heavy atom. The zero-order valence-electron chi connectivity index (χ0n) is 19.5. The monoisotopic (exact) mass is 488 g/mol. The second kappa shape index (κ2) is 10.5. The Bertz CT molecular complexity index is 1150. The molecule has 0 saturated carbocycles. The van der Waals surface area contributed by atoms with E-state index in [4.69, 9.17) is 9.47 Å². The molecular weight excluding hydrogens is 460 g/mol. The lowest BCUT2D eigenvalue weighted by Gasteiger charge is -2.34. The second-order valence-electron chi connectivity index (χ2n) is 8.27. The zero-order chi connectivity index (χ0) is 25.0. The van der Waals surface area contributed by atoms with Gasteiger partial charge in [0.05, 0.1) is 22.7 Å². The Hall–Kier alpha value is -3.08. The number of Topliss-reactive ketones (excluding diaryl/α,β-unsaturated/α-hetero) is 1. The molecule has 1 aliphatic rings. The number of esters is 1. The van der Waals surface area contributed by atoms with Gasteiger partial charge in [0.25, 0.3) is 5.91 Å². The van der Waals surface area contributed by atoms with E-state index in [2.05, 4.69) is 5.32 Å². The first kappa shape index (κ1) is 25.5. The van der Waals surface area contributed by atoms with E-state index >= 15 is 0 Å². The van der Waals surface area contributed by atoms with Gasteiger partial charge in [-0.25, -0.2) is 13.2 Å². The minimum absolute atomic E-state index is 0.0603. The first-order chi connectivity index (χ1) is 16.0. The highest BCUT2D eigenvalue weighted by molar-refractivity contribution is 7.89. The number of benzene rings is 2. The maximum absolute atomic E-state index is 12.9. The van der Waals surface area contributed by atoms with Crippen molar-refractivity contribution in [2.24, 2.45) is 0 Å². The van der Waals surface area contributed by atoms with E-state index in [9.17, 15) is 22.8 Å². The largest absolute Gasteiger partial charge is 0.449 e. The van der Waals surface area contributed by atoms with Crippen molar-refractivity contribution in [3.63, 3.8) is 0 Å². The number of amides is 1. The Kier molecular flexibility index (Phi) is 7.86. The number of ether oxygens (including phenoxy) is 2. The van der Waals surface area contributed by atoms with Gasteiger partial charge in [-0.1, -0.05) is 0 Å². The fourth-order valence-corrected chi connectivity index (χ4v) is 5.14. The normalized spacial score (nSPS) is 19.8. The molecule has 1 fully saturated rings. The highest BCUT2D eigenvalue weighted by Gasteiger charge is 2.32. The fourth-order valence-electron chi connectivity index (χ4n) is 3.55. The summed E-state index contributed by atoms with van der Waals surface area (Å²) in [5.74, 6) is -1.39. The van der Waals surface area contributed by atoms with Crippen molar-refractivity contribution >= 4 is 33.4 Å². The predicted octanol–water partition coefficient (Wildman–Crippen LogP) is 2.87. The summed E-state index contributed by atoms with van der Waals surface area (Å²) in [6.45, 7) is 7.00. The van der Waals surface area contributed by atoms with Gasteiger partial charge in [-0.2, -0.15) is 4.31 Å². The quantitative estimate of drug-likeness (QED) is 0.470. The van der Waals surface area contributed by atoms with Crippen molar-refractivity contribution in [3.05, 3.63) is 59.7 Å². The van der Waals surface area contributed by atoms with Crippen molar-refractivity contribution in [2.45, 2.75) is 50.9 Å². The van der Waals surface area contributed by atoms with Crippen molar-refractivity contribution in [1.82, 2.24) is 4.31 Å².